The van der Waals surface area contributed by atoms with E-state index in [1.807, 2.05) is 0 Å². The number of aryl methyl sites for hydroxylation is 1. The molecule has 1 N–H and O–H groups in total. The van der Waals surface area contributed by atoms with Crippen LogP contribution in [0.2, 0.25) is 0 Å². The Morgan fingerprint density at radius 1 is 1.09 bits per heavy atom. The van der Waals surface area contributed by atoms with E-state index in [0.29, 0.717) is 28.1 Å². The highest BCUT2D eigenvalue weighted by Crippen LogP contribution is 2.40. The fourth-order valence-corrected chi connectivity index (χ4v) is 4.15. The molecule has 1 amide bonds. The Hall–Kier alpha value is -4.72. The molecule has 0 spiro atoms. The number of fused-ring (bicyclic) bond motifs is 1. The van der Waals surface area contributed by atoms with E-state index >= 15 is 0 Å². The SMILES string of the molecule is Cn1cnnc1-c1ccc(C#N)cc1-c1cc(O)nc(N2Cc3c(cccc3C(F)(F)F)C2=O)c1. The zero-order valence-electron chi connectivity index (χ0n) is 18.1. The van der Waals surface area contributed by atoms with Gasteiger partial charge in [-0.25, -0.2) is 0 Å². The van der Waals surface area contributed by atoms with Gasteiger partial charge < -0.3 is 9.67 Å². The Morgan fingerprint density at radius 2 is 1.89 bits per heavy atom. The highest BCUT2D eigenvalue weighted by molar-refractivity contribution is 6.10. The molecule has 0 fully saturated rings. The van der Waals surface area contributed by atoms with Crippen LogP contribution in [0.4, 0.5) is 19.0 Å². The van der Waals surface area contributed by atoms with E-state index in [9.17, 15) is 28.3 Å². The maximum atomic E-state index is 13.5. The predicted molar refractivity (Wildman–Crippen MR) is 118 cm³/mol. The molecule has 1 aliphatic rings. The van der Waals surface area contributed by atoms with Gasteiger partial charge in [0.1, 0.15) is 12.1 Å². The topological polar surface area (TPSA) is 108 Å². The van der Waals surface area contributed by atoms with Gasteiger partial charge in [-0.1, -0.05) is 6.07 Å². The first-order valence-corrected chi connectivity index (χ1v) is 10.3. The lowest BCUT2D eigenvalue weighted by molar-refractivity contribution is -0.138. The largest absolute Gasteiger partial charge is 0.493 e. The van der Waals surface area contributed by atoms with Gasteiger partial charge in [-0.3, -0.25) is 9.69 Å². The monoisotopic (exact) mass is 476 g/mol. The smallest absolute Gasteiger partial charge is 0.416 e. The van der Waals surface area contributed by atoms with Crippen molar-refractivity contribution in [3.8, 4) is 34.5 Å². The number of benzene rings is 2. The van der Waals surface area contributed by atoms with Crippen molar-refractivity contribution in [2.24, 2.45) is 7.05 Å². The highest BCUT2D eigenvalue weighted by Gasteiger charge is 2.40. The summed E-state index contributed by atoms with van der Waals surface area (Å²) in [5.74, 6) is -0.638. The molecular weight excluding hydrogens is 461 g/mol. The van der Waals surface area contributed by atoms with Crippen LogP contribution in [0.1, 0.15) is 27.0 Å². The lowest BCUT2D eigenvalue weighted by Gasteiger charge is -2.17. The number of anilines is 1. The second-order valence-corrected chi connectivity index (χ2v) is 7.93. The van der Waals surface area contributed by atoms with Crippen LogP contribution >= 0.6 is 0 Å². The van der Waals surface area contributed by atoms with Crippen LogP contribution in [-0.2, 0) is 19.8 Å². The number of aromatic hydroxyl groups is 1. The molecule has 0 aliphatic carbocycles. The zero-order valence-corrected chi connectivity index (χ0v) is 18.1. The van der Waals surface area contributed by atoms with Gasteiger partial charge in [0.15, 0.2) is 5.82 Å². The summed E-state index contributed by atoms with van der Waals surface area (Å²) < 4.78 is 42.2. The molecule has 2 aromatic carbocycles. The minimum atomic E-state index is -4.62. The van der Waals surface area contributed by atoms with Gasteiger partial charge in [-0.2, -0.15) is 23.4 Å². The number of nitriles is 1. The number of pyridine rings is 1. The third-order valence-electron chi connectivity index (χ3n) is 5.76. The molecule has 0 atom stereocenters. The summed E-state index contributed by atoms with van der Waals surface area (Å²) in [7, 11) is 1.74. The van der Waals surface area contributed by atoms with Crippen molar-refractivity contribution in [2.75, 3.05) is 4.90 Å². The third kappa shape index (κ3) is 3.74. The molecule has 11 heteroatoms. The van der Waals surface area contributed by atoms with Crippen LogP contribution in [0.5, 0.6) is 5.88 Å². The highest BCUT2D eigenvalue weighted by atomic mass is 19.4. The van der Waals surface area contributed by atoms with Gasteiger partial charge in [-0.05, 0) is 53.1 Å². The van der Waals surface area contributed by atoms with Crippen LogP contribution in [0.25, 0.3) is 22.5 Å². The molecular formula is C24H15F3N6O2. The van der Waals surface area contributed by atoms with Crippen LogP contribution in [0, 0.1) is 11.3 Å². The van der Waals surface area contributed by atoms with Gasteiger partial charge >= 0.3 is 6.18 Å². The standard InChI is InChI=1S/C24H15F3N6O2/c1-32-12-29-31-22(32)15-6-5-13(10-28)7-17(15)14-8-20(30-21(34)9-14)33-11-18-16(23(33)35)3-2-4-19(18)24(25,26)27/h2-9,12H,11H2,1H3,(H,30,34). The van der Waals surface area contributed by atoms with E-state index in [4.69, 9.17) is 0 Å². The first kappa shape index (κ1) is 22.1. The molecule has 8 nitrogen and oxygen atoms in total. The number of carbonyl (C=O) groups is 1. The third-order valence-corrected chi connectivity index (χ3v) is 5.76. The molecule has 174 valence electrons. The van der Waals surface area contributed by atoms with Crippen LogP contribution in [-0.4, -0.2) is 30.8 Å². The molecule has 0 radical (unpaired) electrons. The molecule has 35 heavy (non-hydrogen) atoms. The fraction of sp³-hybridized carbons (Fsp3) is 0.125. The summed E-state index contributed by atoms with van der Waals surface area (Å²) in [6.45, 7) is -0.353. The summed E-state index contributed by atoms with van der Waals surface area (Å²) in [6, 6.07) is 13.2. The molecule has 0 unspecified atom stereocenters. The number of aromatic nitrogens is 4. The van der Waals surface area contributed by atoms with Crippen molar-refractivity contribution in [3.05, 3.63) is 77.1 Å². The van der Waals surface area contributed by atoms with E-state index in [0.717, 1.165) is 11.0 Å². The Labute approximate surface area is 196 Å². The van der Waals surface area contributed by atoms with Crippen LogP contribution < -0.4 is 4.90 Å². The fourth-order valence-electron chi connectivity index (χ4n) is 4.15. The van der Waals surface area contributed by atoms with Gasteiger partial charge in [-0.15, -0.1) is 10.2 Å². The molecule has 5 rings (SSSR count). The van der Waals surface area contributed by atoms with Crippen molar-refractivity contribution < 1.29 is 23.1 Å². The van der Waals surface area contributed by atoms with Gasteiger partial charge in [0, 0.05) is 24.2 Å². The van der Waals surface area contributed by atoms with E-state index in [1.54, 1.807) is 29.8 Å². The van der Waals surface area contributed by atoms with Crippen LogP contribution in [0.15, 0.2) is 54.9 Å². The first-order chi connectivity index (χ1) is 16.7. The van der Waals surface area contributed by atoms with E-state index in [-0.39, 0.29) is 23.5 Å². The van der Waals surface area contributed by atoms with Crippen LogP contribution in [0.3, 0.4) is 0 Å². The summed E-state index contributed by atoms with van der Waals surface area (Å²) in [6.07, 6.45) is -3.12. The number of carbonyl (C=O) groups excluding carboxylic acids is 1. The van der Waals surface area contributed by atoms with Crippen molar-refractivity contribution in [1.29, 1.82) is 5.26 Å². The predicted octanol–water partition coefficient (Wildman–Crippen LogP) is 4.30. The summed E-state index contributed by atoms with van der Waals surface area (Å²) >= 11 is 0. The van der Waals surface area contributed by atoms with Crippen molar-refractivity contribution in [3.63, 3.8) is 0 Å². The Kier molecular flexibility index (Phi) is 5.02. The minimum absolute atomic E-state index is 0.0272. The summed E-state index contributed by atoms with van der Waals surface area (Å²) in [5.41, 5.74) is 0.707. The number of amides is 1. The number of alkyl halides is 3. The van der Waals surface area contributed by atoms with E-state index < -0.39 is 23.5 Å². The van der Waals surface area contributed by atoms with Crippen molar-refractivity contribution >= 4 is 11.7 Å². The van der Waals surface area contributed by atoms with Crippen molar-refractivity contribution in [2.45, 2.75) is 12.7 Å². The van der Waals surface area contributed by atoms with E-state index in [2.05, 4.69) is 21.3 Å². The average molecular weight is 476 g/mol. The average Bonchev–Trinajstić information content (AvgIpc) is 3.40. The maximum Gasteiger partial charge on any atom is 0.416 e. The zero-order chi connectivity index (χ0) is 24.9. The first-order valence-electron chi connectivity index (χ1n) is 10.3. The maximum absolute atomic E-state index is 13.5. The molecule has 3 heterocycles. The molecule has 4 aromatic rings. The molecule has 0 saturated heterocycles. The van der Waals surface area contributed by atoms with Gasteiger partial charge in [0.2, 0.25) is 5.88 Å². The number of hydrogen-bond acceptors (Lipinski definition) is 6. The van der Waals surface area contributed by atoms with E-state index in [1.165, 1.54) is 30.6 Å². The molecule has 2 aromatic heterocycles. The van der Waals surface area contributed by atoms with Gasteiger partial charge in [0.25, 0.3) is 5.91 Å². The van der Waals surface area contributed by atoms with Gasteiger partial charge in [0.05, 0.1) is 23.7 Å². The number of nitrogens with zero attached hydrogens (tertiary/aromatic N) is 6. The second-order valence-electron chi connectivity index (χ2n) is 7.93. The number of halogens is 3. The summed E-state index contributed by atoms with van der Waals surface area (Å²) in [5, 5.41) is 27.8. The quantitative estimate of drug-likeness (QED) is 0.472. The second kappa shape index (κ2) is 7.95. The molecule has 0 saturated carbocycles. The molecule has 0 bridgehead atoms. The lowest BCUT2D eigenvalue weighted by atomic mass is 9.97. The Balaban J connectivity index is 1.63. The number of rotatable bonds is 3. The van der Waals surface area contributed by atoms with Crippen molar-refractivity contribution in [1.82, 2.24) is 19.7 Å². The minimum Gasteiger partial charge on any atom is -0.493 e. The summed E-state index contributed by atoms with van der Waals surface area (Å²) in [4.78, 5) is 18.1. The number of hydrogen-bond donors (Lipinski definition) is 1. The molecule has 1 aliphatic heterocycles. The lowest BCUT2D eigenvalue weighted by Crippen LogP contribution is -2.24. The Morgan fingerprint density at radius 3 is 2.57 bits per heavy atom. The normalized spacial score (nSPS) is 13.1. The Bertz CT molecular complexity index is 1540.